The predicted octanol–water partition coefficient (Wildman–Crippen LogP) is 11.4. The average Bonchev–Trinajstić information content (AvgIpc) is 3.21. The summed E-state index contributed by atoms with van der Waals surface area (Å²) in [7, 11) is 0. The number of hydrogen-bond donors (Lipinski definition) is 0. The average molecular weight is 589 g/mol. The van der Waals surface area contributed by atoms with Crippen LogP contribution in [0.25, 0.3) is 0 Å². The van der Waals surface area contributed by atoms with Gasteiger partial charge in [0.05, 0.1) is 0 Å². The van der Waals surface area contributed by atoms with Crippen molar-refractivity contribution in [2.24, 2.45) is 0 Å². The molecule has 2 aliphatic rings. The van der Waals surface area contributed by atoms with Crippen LogP contribution in [-0.4, -0.2) is 41.5 Å². The van der Waals surface area contributed by atoms with Gasteiger partial charge in [-0.3, -0.25) is 0 Å². The molecule has 2 aliphatic carbocycles. The Bertz CT molecular complexity index is 830. The van der Waals surface area contributed by atoms with E-state index in [2.05, 4.69) is 173 Å². The van der Waals surface area contributed by atoms with Crippen LogP contribution in [0, 0.1) is 0 Å². The van der Waals surface area contributed by atoms with Crippen LogP contribution in [0.2, 0.25) is 0 Å². The first-order chi connectivity index (χ1) is 15.7. The van der Waals surface area contributed by atoms with Gasteiger partial charge in [-0.15, -0.1) is 0 Å². The van der Waals surface area contributed by atoms with Crippen LogP contribution in [0.4, 0.5) is 0 Å². The van der Waals surface area contributed by atoms with E-state index in [1.54, 1.807) is 10.6 Å². The van der Waals surface area contributed by atoms with Gasteiger partial charge in [-0.25, -0.2) is 0 Å². The van der Waals surface area contributed by atoms with Crippen molar-refractivity contribution in [1.82, 2.24) is 0 Å². The van der Waals surface area contributed by atoms with Crippen LogP contribution < -0.4 is 0 Å². The Kier molecular flexibility index (Phi) is 11.5. The van der Waals surface area contributed by atoms with E-state index < -0.39 is 13.8 Å². The van der Waals surface area contributed by atoms with Gasteiger partial charge in [0.1, 0.15) is 0 Å². The number of rotatable bonds is 0. The van der Waals surface area contributed by atoms with Gasteiger partial charge in [0.15, 0.2) is 0 Å². The van der Waals surface area contributed by atoms with Gasteiger partial charge < -0.3 is 0 Å². The molecule has 0 bridgehead atoms. The molecular formula is C34H62FeP2+2. The summed E-state index contributed by atoms with van der Waals surface area (Å²) in [6.45, 7) is 41.1. The zero-order valence-corrected chi connectivity index (χ0v) is 30.8. The summed E-state index contributed by atoms with van der Waals surface area (Å²) in [5, 5.41) is 5.09. The molecule has 214 valence electrons. The monoisotopic (exact) mass is 588 g/mol. The summed E-state index contributed by atoms with van der Waals surface area (Å²) in [4.78, 5) is 0. The van der Waals surface area contributed by atoms with E-state index in [0.29, 0.717) is 30.9 Å². The van der Waals surface area contributed by atoms with Crippen LogP contribution in [0.15, 0.2) is 48.6 Å². The minimum atomic E-state index is -1.35. The van der Waals surface area contributed by atoms with Crippen molar-refractivity contribution in [3.05, 3.63) is 48.6 Å². The molecule has 0 saturated heterocycles. The summed E-state index contributed by atoms with van der Waals surface area (Å²) in [5.74, 6) is 0. The Hall–Kier alpha value is 0.0795. The van der Waals surface area contributed by atoms with Crippen LogP contribution in [0.5, 0.6) is 0 Å². The quantitative estimate of drug-likeness (QED) is 0.195. The van der Waals surface area contributed by atoms with Crippen molar-refractivity contribution in [3.63, 3.8) is 0 Å². The molecule has 0 aromatic rings. The Morgan fingerprint density at radius 1 is 0.324 bits per heavy atom. The third-order valence-electron chi connectivity index (χ3n) is 8.10. The summed E-state index contributed by atoms with van der Waals surface area (Å²) in [6, 6.07) is 0. The van der Waals surface area contributed by atoms with Crippen molar-refractivity contribution in [2.45, 2.75) is 156 Å². The largest absolute Gasteiger partial charge is 2.00 e. The standard InChI is InChI=1S/2C17H31P.Fe/c2*1-15(2,3)18(16(4,5)6,17(7,8)9)14-12-10-11-13-14;/h2*10-13H,1-9H3;/q;;+2. The molecule has 0 fully saturated rings. The molecule has 0 nitrogen and oxygen atoms in total. The van der Waals surface area contributed by atoms with E-state index in [0.717, 1.165) is 0 Å². The zero-order valence-electron chi connectivity index (χ0n) is 27.9. The van der Waals surface area contributed by atoms with E-state index in [1.165, 1.54) is 0 Å². The smallest absolute Gasteiger partial charge is 0.0822 e. The molecular weight excluding hydrogens is 526 g/mol. The Labute approximate surface area is 244 Å². The van der Waals surface area contributed by atoms with Crippen molar-refractivity contribution < 1.29 is 17.1 Å². The molecule has 2 rings (SSSR count). The Balaban J connectivity index is 0.000000682. The van der Waals surface area contributed by atoms with E-state index in [4.69, 9.17) is 0 Å². The molecule has 0 aromatic heterocycles. The normalized spacial score (nSPS) is 17.2. The molecule has 0 amide bonds. The molecule has 3 heteroatoms. The van der Waals surface area contributed by atoms with Crippen molar-refractivity contribution in [1.29, 1.82) is 0 Å². The molecule has 0 atom stereocenters. The van der Waals surface area contributed by atoms with Gasteiger partial charge in [-0.05, 0) is 41.5 Å². The van der Waals surface area contributed by atoms with Crippen molar-refractivity contribution >= 4 is 24.4 Å². The molecule has 37 heavy (non-hydrogen) atoms. The number of hydrogen-bond acceptors (Lipinski definition) is 0. The summed E-state index contributed by atoms with van der Waals surface area (Å²) < 4.78 is 0. The molecule has 0 aromatic carbocycles. The molecule has 0 heterocycles. The maximum atomic E-state index is 2.43. The first-order valence-corrected chi connectivity index (χ1v) is 17.5. The van der Waals surface area contributed by atoms with Crippen molar-refractivity contribution in [3.8, 4) is 0 Å². The fraction of sp³-hybridized carbons (Fsp3) is 0.706. The Morgan fingerprint density at radius 3 is 0.568 bits per heavy atom. The second-order valence-electron chi connectivity index (χ2n) is 16.7. The molecule has 0 N–H and O–H groups in total. The minimum Gasteiger partial charge on any atom is -0.0822 e. The molecule has 0 spiro atoms. The summed E-state index contributed by atoms with van der Waals surface area (Å²) in [6.07, 6.45) is 18.2. The van der Waals surface area contributed by atoms with E-state index in [-0.39, 0.29) is 17.1 Å². The van der Waals surface area contributed by atoms with Gasteiger partial charge in [0.2, 0.25) is 0 Å². The van der Waals surface area contributed by atoms with E-state index in [1.807, 2.05) is 0 Å². The van der Waals surface area contributed by atoms with Crippen molar-refractivity contribution in [2.75, 3.05) is 0 Å². The second-order valence-corrected chi connectivity index (χ2v) is 28.4. The van der Waals surface area contributed by atoms with Gasteiger partial charge >= 0.3 is 17.1 Å². The molecule has 0 radical (unpaired) electrons. The molecule has 0 saturated carbocycles. The van der Waals surface area contributed by atoms with Crippen LogP contribution in [0.3, 0.4) is 0 Å². The maximum Gasteiger partial charge on any atom is 2.00 e. The van der Waals surface area contributed by atoms with E-state index >= 15 is 0 Å². The fourth-order valence-corrected chi connectivity index (χ4v) is 27.5. The third kappa shape index (κ3) is 6.53. The molecule has 0 aliphatic heterocycles. The first-order valence-electron chi connectivity index (χ1n) is 13.9. The van der Waals surface area contributed by atoms with Gasteiger partial charge in [0.25, 0.3) is 0 Å². The predicted molar refractivity (Wildman–Crippen MR) is 179 cm³/mol. The third-order valence-corrected chi connectivity index (χ3v) is 22.3. The maximum absolute atomic E-state index is 2.43. The summed E-state index contributed by atoms with van der Waals surface area (Å²) in [5.41, 5.74) is 0. The van der Waals surface area contributed by atoms with Crippen LogP contribution in [0.1, 0.15) is 125 Å². The minimum absolute atomic E-state index is 0. The second kappa shape index (κ2) is 11.5. The van der Waals surface area contributed by atoms with Gasteiger partial charge in [0, 0.05) is 0 Å². The van der Waals surface area contributed by atoms with Gasteiger partial charge in [-0.1, -0.05) is 187 Å². The summed E-state index contributed by atoms with van der Waals surface area (Å²) >= 11 is 0. The SMILES string of the molecule is CC(C)(C)P(=C1C=CC=C1)(C(C)(C)C)C(C)(C)C.CC(C)(C)P(=C1C=CC=C1)(C(C)(C)C)C(C)(C)C.[Fe+2]. The topological polar surface area (TPSA) is 0 Å². The first kappa shape index (κ1) is 37.1. The number of allylic oxidation sites excluding steroid dienone is 8. The zero-order chi connectivity index (χ0) is 28.8. The van der Waals surface area contributed by atoms with Crippen LogP contribution in [-0.2, 0) is 17.1 Å². The molecule has 0 unspecified atom stereocenters. The fourth-order valence-electron chi connectivity index (χ4n) is 9.54. The van der Waals surface area contributed by atoms with Gasteiger partial charge in [-0.2, -0.15) is 0 Å². The van der Waals surface area contributed by atoms with Crippen LogP contribution >= 0.6 is 13.8 Å². The Morgan fingerprint density at radius 2 is 0.459 bits per heavy atom. The van der Waals surface area contributed by atoms with E-state index in [9.17, 15) is 0 Å².